The highest BCUT2D eigenvalue weighted by Gasteiger charge is 2.20. The van der Waals surface area contributed by atoms with Crippen LogP contribution < -0.4 is 10.0 Å². The molecule has 0 saturated carbocycles. The molecule has 0 unspecified atom stereocenters. The van der Waals surface area contributed by atoms with Gasteiger partial charge < -0.3 is 10.1 Å². The summed E-state index contributed by atoms with van der Waals surface area (Å²) in [5, 5.41) is 3.31. The van der Waals surface area contributed by atoms with E-state index in [1.165, 1.54) is 0 Å². The zero-order valence-electron chi connectivity index (χ0n) is 12.0. The topological polar surface area (TPSA) is 67.4 Å². The van der Waals surface area contributed by atoms with Crippen LogP contribution in [-0.4, -0.2) is 34.2 Å². The van der Waals surface area contributed by atoms with Crippen molar-refractivity contribution in [2.24, 2.45) is 0 Å². The molecule has 0 spiro atoms. The highest BCUT2D eigenvalue weighted by molar-refractivity contribution is 7.89. The minimum Gasteiger partial charge on any atom is -0.382 e. The molecule has 1 aliphatic rings. The summed E-state index contributed by atoms with van der Waals surface area (Å²) in [4.78, 5) is 0.337. The molecule has 1 aromatic carbocycles. The Hall–Kier alpha value is -1.11. The van der Waals surface area contributed by atoms with E-state index >= 15 is 0 Å². The van der Waals surface area contributed by atoms with Gasteiger partial charge in [0.1, 0.15) is 0 Å². The Bertz CT molecular complexity index is 558. The molecule has 1 aromatic rings. The predicted molar refractivity (Wildman–Crippen MR) is 79.5 cm³/mol. The lowest BCUT2D eigenvalue weighted by Crippen LogP contribution is -2.25. The Morgan fingerprint density at radius 2 is 2.25 bits per heavy atom. The van der Waals surface area contributed by atoms with Crippen molar-refractivity contribution in [3.63, 3.8) is 0 Å². The third-order valence-electron chi connectivity index (χ3n) is 3.28. The van der Waals surface area contributed by atoms with Gasteiger partial charge >= 0.3 is 0 Å². The second-order valence-electron chi connectivity index (χ2n) is 5.02. The number of fused-ring (bicyclic) bond motifs is 1. The summed E-state index contributed by atoms with van der Waals surface area (Å²) < 4.78 is 32.1. The highest BCUT2D eigenvalue weighted by atomic mass is 32.2. The van der Waals surface area contributed by atoms with Gasteiger partial charge in [0.25, 0.3) is 0 Å². The van der Waals surface area contributed by atoms with E-state index in [4.69, 9.17) is 4.74 Å². The molecule has 5 nitrogen and oxygen atoms in total. The Morgan fingerprint density at radius 1 is 1.45 bits per heavy atom. The van der Waals surface area contributed by atoms with Gasteiger partial charge in [-0.3, -0.25) is 0 Å². The van der Waals surface area contributed by atoms with Crippen molar-refractivity contribution in [1.82, 2.24) is 4.72 Å². The number of benzene rings is 1. The monoisotopic (exact) mass is 298 g/mol. The normalized spacial score (nSPS) is 17.8. The molecule has 0 amide bonds. The van der Waals surface area contributed by atoms with Gasteiger partial charge in [-0.15, -0.1) is 0 Å². The van der Waals surface area contributed by atoms with Crippen molar-refractivity contribution in [2.75, 3.05) is 25.1 Å². The van der Waals surface area contributed by atoms with Crippen LogP contribution in [0.2, 0.25) is 0 Å². The molecule has 2 rings (SSSR count). The van der Waals surface area contributed by atoms with Gasteiger partial charge in [0, 0.05) is 31.5 Å². The summed E-state index contributed by atoms with van der Waals surface area (Å²) in [5.74, 6) is 0. The van der Waals surface area contributed by atoms with Crippen LogP contribution in [0.3, 0.4) is 0 Å². The maximum absolute atomic E-state index is 12.2. The number of sulfonamides is 1. The Kier molecular flexibility index (Phi) is 5.01. The van der Waals surface area contributed by atoms with Gasteiger partial charge in [0.05, 0.1) is 4.90 Å². The first kappa shape index (κ1) is 15.3. The van der Waals surface area contributed by atoms with E-state index < -0.39 is 10.0 Å². The zero-order valence-corrected chi connectivity index (χ0v) is 12.8. The van der Waals surface area contributed by atoms with E-state index in [9.17, 15) is 8.42 Å². The van der Waals surface area contributed by atoms with Gasteiger partial charge in [-0.1, -0.05) is 0 Å². The van der Waals surface area contributed by atoms with Crippen LogP contribution in [0.4, 0.5) is 5.69 Å². The molecule has 1 heterocycles. The number of hydrogen-bond acceptors (Lipinski definition) is 4. The third-order valence-corrected chi connectivity index (χ3v) is 4.74. The maximum atomic E-state index is 12.2. The van der Waals surface area contributed by atoms with Gasteiger partial charge in [-0.2, -0.15) is 0 Å². The van der Waals surface area contributed by atoms with Crippen LogP contribution in [0.1, 0.15) is 25.8 Å². The second kappa shape index (κ2) is 6.56. The van der Waals surface area contributed by atoms with E-state index in [2.05, 4.69) is 17.0 Å². The van der Waals surface area contributed by atoms with Gasteiger partial charge in [-0.25, -0.2) is 13.1 Å². The summed E-state index contributed by atoms with van der Waals surface area (Å²) in [6, 6.07) is 5.61. The average molecular weight is 298 g/mol. The lowest BCUT2D eigenvalue weighted by molar-refractivity contribution is 0.146. The first-order valence-corrected chi connectivity index (χ1v) is 8.48. The number of hydrogen-bond donors (Lipinski definition) is 2. The number of nitrogens with one attached hydrogen (secondary N) is 2. The van der Waals surface area contributed by atoms with Crippen molar-refractivity contribution in [3.05, 3.63) is 23.8 Å². The first-order valence-electron chi connectivity index (χ1n) is 7.00. The van der Waals surface area contributed by atoms with Crippen molar-refractivity contribution in [2.45, 2.75) is 37.6 Å². The minimum absolute atomic E-state index is 0.337. The molecule has 2 N–H and O–H groups in total. The summed E-state index contributed by atoms with van der Waals surface area (Å²) in [7, 11) is -3.42. The van der Waals surface area contributed by atoms with E-state index in [1.807, 2.05) is 13.0 Å². The Balaban J connectivity index is 1.98. The fraction of sp³-hybridized carbons (Fsp3) is 0.571. The van der Waals surface area contributed by atoms with Gasteiger partial charge in [0.15, 0.2) is 0 Å². The average Bonchev–Trinajstić information content (AvgIpc) is 2.77. The van der Waals surface area contributed by atoms with Crippen molar-refractivity contribution in [3.8, 4) is 0 Å². The third kappa shape index (κ3) is 3.71. The van der Waals surface area contributed by atoms with Crippen LogP contribution in [0, 0.1) is 0 Å². The van der Waals surface area contributed by atoms with E-state index in [0.717, 1.165) is 17.7 Å². The molecule has 20 heavy (non-hydrogen) atoms. The van der Waals surface area contributed by atoms with Crippen molar-refractivity contribution in [1.29, 1.82) is 0 Å². The van der Waals surface area contributed by atoms with Crippen LogP contribution >= 0.6 is 0 Å². The fourth-order valence-corrected chi connectivity index (χ4v) is 3.43. The number of anilines is 1. The molecule has 0 aliphatic carbocycles. The van der Waals surface area contributed by atoms with Gasteiger partial charge in [-0.05, 0) is 50.5 Å². The standard InChI is InChI=1S/C14H22N2O3S/c1-3-19-8-4-7-15-20(17,18)13-5-6-14-12(10-13)9-11(2)16-14/h5-6,10-11,15-16H,3-4,7-9H2,1-2H3/t11-/m0/s1. The lowest BCUT2D eigenvalue weighted by Gasteiger charge is -2.08. The highest BCUT2D eigenvalue weighted by Crippen LogP contribution is 2.27. The SMILES string of the molecule is CCOCCCNS(=O)(=O)c1ccc2c(c1)C[C@H](C)N2. The molecule has 112 valence electrons. The van der Waals surface area contributed by atoms with Crippen molar-refractivity contribution < 1.29 is 13.2 Å². The van der Waals surface area contributed by atoms with Crippen molar-refractivity contribution >= 4 is 15.7 Å². The molecular weight excluding hydrogens is 276 g/mol. The summed E-state index contributed by atoms with van der Waals surface area (Å²) in [6.07, 6.45) is 1.54. The molecule has 0 radical (unpaired) electrons. The molecule has 6 heteroatoms. The summed E-state index contributed by atoms with van der Waals surface area (Å²) in [5.41, 5.74) is 2.10. The maximum Gasteiger partial charge on any atom is 0.240 e. The van der Waals surface area contributed by atoms with E-state index in [1.54, 1.807) is 12.1 Å². The Labute approximate surface area is 120 Å². The molecule has 0 aromatic heterocycles. The number of rotatable bonds is 7. The fourth-order valence-electron chi connectivity index (χ4n) is 2.30. The smallest absolute Gasteiger partial charge is 0.240 e. The lowest BCUT2D eigenvalue weighted by atomic mass is 10.1. The number of ether oxygens (including phenoxy) is 1. The summed E-state index contributed by atoms with van der Waals surface area (Å²) >= 11 is 0. The van der Waals surface area contributed by atoms with Crippen LogP contribution in [0.15, 0.2) is 23.1 Å². The van der Waals surface area contributed by atoms with Crippen LogP contribution in [-0.2, 0) is 21.2 Å². The van der Waals surface area contributed by atoms with Gasteiger partial charge in [0.2, 0.25) is 10.0 Å². The molecule has 0 fully saturated rings. The predicted octanol–water partition coefficient (Wildman–Crippen LogP) is 1.75. The molecule has 1 aliphatic heterocycles. The molecule has 0 bridgehead atoms. The molecule has 0 saturated heterocycles. The largest absolute Gasteiger partial charge is 0.382 e. The quantitative estimate of drug-likeness (QED) is 0.753. The first-order chi connectivity index (χ1) is 9.53. The molecule has 1 atom stereocenters. The van der Waals surface area contributed by atoms with Crippen LogP contribution in [0.5, 0.6) is 0 Å². The molecular formula is C14H22N2O3S. The van der Waals surface area contributed by atoms with Crippen LogP contribution in [0.25, 0.3) is 0 Å². The summed E-state index contributed by atoms with van der Waals surface area (Å²) in [6.45, 7) is 5.63. The minimum atomic E-state index is -3.42. The van der Waals surface area contributed by atoms with E-state index in [0.29, 0.717) is 37.1 Å². The second-order valence-corrected chi connectivity index (χ2v) is 6.78. The van der Waals surface area contributed by atoms with E-state index in [-0.39, 0.29) is 0 Å². The zero-order chi connectivity index (χ0) is 14.6. The Morgan fingerprint density at radius 3 is 3.00 bits per heavy atom.